The highest BCUT2D eigenvalue weighted by atomic mass is 35.5. The van der Waals surface area contributed by atoms with Crippen molar-refractivity contribution in [1.29, 1.82) is 0 Å². The van der Waals surface area contributed by atoms with Gasteiger partial charge in [0.15, 0.2) is 11.5 Å². The van der Waals surface area contributed by atoms with E-state index in [1.54, 1.807) is 0 Å². The Morgan fingerprint density at radius 1 is 1.37 bits per heavy atom. The van der Waals surface area contributed by atoms with Crippen molar-refractivity contribution in [2.75, 3.05) is 25.7 Å². The molecule has 0 unspecified atom stereocenters. The number of aldehydes is 1. The number of sulfone groups is 1. The van der Waals surface area contributed by atoms with Crippen molar-refractivity contribution in [1.82, 2.24) is 0 Å². The van der Waals surface area contributed by atoms with Gasteiger partial charge in [-0.05, 0) is 18.6 Å². The van der Waals surface area contributed by atoms with Crippen LogP contribution in [0.1, 0.15) is 16.8 Å². The molecule has 0 fully saturated rings. The maximum atomic E-state index is 11.0. The molecule has 7 heteroatoms. The highest BCUT2D eigenvalue weighted by Crippen LogP contribution is 2.36. The van der Waals surface area contributed by atoms with Crippen LogP contribution in [-0.2, 0) is 9.84 Å². The molecule has 5 nitrogen and oxygen atoms in total. The van der Waals surface area contributed by atoms with E-state index in [0.717, 1.165) is 0 Å². The van der Waals surface area contributed by atoms with Gasteiger partial charge in [-0.15, -0.1) is 0 Å². The van der Waals surface area contributed by atoms with Crippen LogP contribution in [0, 0.1) is 0 Å². The lowest BCUT2D eigenvalue weighted by atomic mass is 10.2. The van der Waals surface area contributed by atoms with Crippen LogP contribution in [0.5, 0.6) is 11.5 Å². The predicted molar refractivity (Wildman–Crippen MR) is 73.2 cm³/mol. The number of halogens is 1. The van der Waals surface area contributed by atoms with Crippen LogP contribution in [0.3, 0.4) is 0 Å². The molecule has 0 aliphatic carbocycles. The van der Waals surface area contributed by atoms with E-state index in [-0.39, 0.29) is 17.4 Å². The molecule has 0 spiro atoms. The van der Waals surface area contributed by atoms with E-state index < -0.39 is 9.84 Å². The summed E-state index contributed by atoms with van der Waals surface area (Å²) in [6.07, 6.45) is 2.18. The van der Waals surface area contributed by atoms with Gasteiger partial charge in [-0.2, -0.15) is 0 Å². The Morgan fingerprint density at radius 2 is 2.05 bits per heavy atom. The Balaban J connectivity index is 2.75. The van der Waals surface area contributed by atoms with E-state index in [4.69, 9.17) is 21.1 Å². The third-order valence-electron chi connectivity index (χ3n) is 2.29. The van der Waals surface area contributed by atoms with Gasteiger partial charge in [-0.25, -0.2) is 8.42 Å². The number of ether oxygens (including phenoxy) is 2. The smallest absolute Gasteiger partial charge is 0.179 e. The van der Waals surface area contributed by atoms with Gasteiger partial charge in [0.25, 0.3) is 0 Å². The van der Waals surface area contributed by atoms with Crippen LogP contribution in [0.2, 0.25) is 5.02 Å². The molecular weight excluding hydrogens is 292 g/mol. The van der Waals surface area contributed by atoms with Crippen molar-refractivity contribution < 1.29 is 22.7 Å². The summed E-state index contributed by atoms with van der Waals surface area (Å²) in [7, 11) is -1.57. The van der Waals surface area contributed by atoms with E-state index in [2.05, 4.69) is 0 Å². The summed E-state index contributed by atoms with van der Waals surface area (Å²) in [5.74, 6) is 0.691. The summed E-state index contributed by atoms with van der Waals surface area (Å²) in [6, 6.07) is 2.97. The van der Waals surface area contributed by atoms with Gasteiger partial charge < -0.3 is 9.47 Å². The molecule has 0 saturated carbocycles. The van der Waals surface area contributed by atoms with Gasteiger partial charge in [-0.3, -0.25) is 4.79 Å². The SMILES string of the molecule is COc1cc(C=O)cc(Cl)c1OCCCS(C)(=O)=O. The number of carbonyl (C=O) groups excluding carboxylic acids is 1. The highest BCUT2D eigenvalue weighted by Gasteiger charge is 2.12. The molecule has 0 radical (unpaired) electrons. The average molecular weight is 307 g/mol. The maximum absolute atomic E-state index is 11.0. The van der Waals surface area contributed by atoms with Crippen molar-refractivity contribution in [3.63, 3.8) is 0 Å². The van der Waals surface area contributed by atoms with Gasteiger partial charge >= 0.3 is 0 Å². The number of hydrogen-bond acceptors (Lipinski definition) is 5. The molecule has 19 heavy (non-hydrogen) atoms. The van der Waals surface area contributed by atoms with Crippen LogP contribution < -0.4 is 9.47 Å². The van der Waals surface area contributed by atoms with Crippen LogP contribution in [-0.4, -0.2) is 40.4 Å². The second kappa shape index (κ2) is 6.77. The first kappa shape index (κ1) is 15.8. The molecule has 0 N–H and O–H groups in total. The summed E-state index contributed by atoms with van der Waals surface area (Å²) in [4.78, 5) is 10.7. The Kier molecular flexibility index (Phi) is 5.62. The lowest BCUT2D eigenvalue weighted by Gasteiger charge is -2.12. The third-order valence-corrected chi connectivity index (χ3v) is 3.60. The number of carbonyl (C=O) groups is 1. The predicted octanol–water partition coefficient (Wildman–Crippen LogP) is 1.97. The van der Waals surface area contributed by atoms with E-state index in [1.165, 1.54) is 25.5 Å². The van der Waals surface area contributed by atoms with Crippen molar-refractivity contribution in [3.05, 3.63) is 22.7 Å². The van der Waals surface area contributed by atoms with Crippen LogP contribution in [0.15, 0.2) is 12.1 Å². The molecule has 0 amide bonds. The third kappa shape index (κ3) is 5.08. The average Bonchev–Trinajstić information content (AvgIpc) is 2.34. The topological polar surface area (TPSA) is 69.7 Å². The van der Waals surface area contributed by atoms with Crippen molar-refractivity contribution in [2.24, 2.45) is 0 Å². The molecule has 106 valence electrons. The minimum atomic E-state index is -3.01. The van der Waals surface area contributed by atoms with E-state index in [9.17, 15) is 13.2 Å². The number of benzene rings is 1. The van der Waals surface area contributed by atoms with Crippen LogP contribution in [0.4, 0.5) is 0 Å². The largest absolute Gasteiger partial charge is 0.493 e. The van der Waals surface area contributed by atoms with E-state index >= 15 is 0 Å². The molecule has 0 heterocycles. The van der Waals surface area contributed by atoms with Gasteiger partial charge in [0.05, 0.1) is 24.5 Å². The first-order chi connectivity index (χ1) is 8.87. The summed E-state index contributed by atoms with van der Waals surface area (Å²) in [5.41, 5.74) is 0.380. The Morgan fingerprint density at radius 3 is 2.58 bits per heavy atom. The molecule has 0 saturated heterocycles. The van der Waals surface area contributed by atoms with Gasteiger partial charge in [0.2, 0.25) is 0 Å². The second-order valence-corrected chi connectivity index (χ2v) is 6.65. The quantitative estimate of drug-likeness (QED) is 0.569. The number of methoxy groups -OCH3 is 1. The van der Waals surface area contributed by atoms with E-state index in [1.807, 2.05) is 0 Å². The minimum absolute atomic E-state index is 0.0410. The van der Waals surface area contributed by atoms with Crippen molar-refractivity contribution in [3.8, 4) is 11.5 Å². The lowest BCUT2D eigenvalue weighted by molar-refractivity contribution is 0.112. The molecule has 1 rings (SSSR count). The monoisotopic (exact) mass is 306 g/mol. The van der Waals surface area contributed by atoms with Gasteiger partial charge in [-0.1, -0.05) is 11.6 Å². The summed E-state index contributed by atoms with van der Waals surface area (Å²) in [6.45, 7) is 0.198. The number of rotatable bonds is 7. The van der Waals surface area contributed by atoms with Crippen LogP contribution >= 0.6 is 11.6 Å². The Labute approximate surface area is 117 Å². The standard InChI is InChI=1S/C12H15ClO5S/c1-17-11-7-9(8-14)6-10(13)12(11)18-4-3-5-19(2,15)16/h6-8H,3-5H2,1-2H3. The summed E-state index contributed by atoms with van der Waals surface area (Å²) < 4.78 is 32.4. The normalized spacial score (nSPS) is 11.1. The highest BCUT2D eigenvalue weighted by molar-refractivity contribution is 7.90. The first-order valence-corrected chi connectivity index (χ1v) is 7.94. The molecular formula is C12H15ClO5S. The Hall–Kier alpha value is -1.27. The van der Waals surface area contributed by atoms with Crippen molar-refractivity contribution in [2.45, 2.75) is 6.42 Å². The molecule has 0 bridgehead atoms. The molecule has 0 aliphatic heterocycles. The van der Waals surface area contributed by atoms with Crippen LogP contribution in [0.25, 0.3) is 0 Å². The number of hydrogen-bond donors (Lipinski definition) is 0. The maximum Gasteiger partial charge on any atom is 0.179 e. The fraction of sp³-hybridized carbons (Fsp3) is 0.417. The fourth-order valence-electron chi connectivity index (χ4n) is 1.44. The fourth-order valence-corrected chi connectivity index (χ4v) is 2.36. The molecule has 0 aromatic heterocycles. The van der Waals surface area contributed by atoms with Crippen molar-refractivity contribution >= 4 is 27.7 Å². The first-order valence-electron chi connectivity index (χ1n) is 5.50. The molecule has 1 aromatic rings. The zero-order chi connectivity index (χ0) is 14.5. The lowest BCUT2D eigenvalue weighted by Crippen LogP contribution is -2.08. The molecule has 0 atom stereocenters. The van der Waals surface area contributed by atoms with E-state index in [0.29, 0.717) is 29.8 Å². The zero-order valence-corrected chi connectivity index (χ0v) is 12.3. The second-order valence-electron chi connectivity index (χ2n) is 3.98. The van der Waals surface area contributed by atoms with Gasteiger partial charge in [0.1, 0.15) is 16.1 Å². The molecule has 0 aliphatic rings. The minimum Gasteiger partial charge on any atom is -0.493 e. The zero-order valence-electron chi connectivity index (χ0n) is 10.7. The van der Waals surface area contributed by atoms with Gasteiger partial charge in [0, 0.05) is 11.8 Å². The summed E-state index contributed by atoms with van der Waals surface area (Å²) in [5, 5.41) is 0.251. The molecule has 1 aromatic carbocycles. The Bertz CT molecular complexity index is 553. The summed E-state index contributed by atoms with van der Waals surface area (Å²) >= 11 is 5.98.